The van der Waals surface area contributed by atoms with E-state index in [0.717, 1.165) is 25.2 Å². The zero-order chi connectivity index (χ0) is 14.6. The van der Waals surface area contributed by atoms with Gasteiger partial charge < -0.3 is 9.64 Å². The number of rotatable bonds is 5. The Kier molecular flexibility index (Phi) is 4.95. The first kappa shape index (κ1) is 15.2. The van der Waals surface area contributed by atoms with Crippen molar-refractivity contribution in [2.75, 3.05) is 38.0 Å². The number of pyridine rings is 1. The lowest BCUT2D eigenvalue weighted by atomic mass is 9.93. The molecule has 1 aliphatic rings. The van der Waals surface area contributed by atoms with Gasteiger partial charge in [-0.1, -0.05) is 0 Å². The van der Waals surface area contributed by atoms with E-state index in [9.17, 15) is 8.42 Å². The summed E-state index contributed by atoms with van der Waals surface area (Å²) in [6, 6.07) is 3.87. The Morgan fingerprint density at radius 3 is 2.75 bits per heavy atom. The van der Waals surface area contributed by atoms with Gasteiger partial charge in [0.1, 0.15) is 0 Å². The largest absolute Gasteiger partial charge is 0.384 e. The van der Waals surface area contributed by atoms with Gasteiger partial charge in [-0.05, 0) is 18.6 Å². The Morgan fingerprint density at radius 2 is 2.15 bits per heavy atom. The molecule has 2 atom stereocenters. The average Bonchev–Trinajstić information content (AvgIpc) is 2.40. The maximum absolute atomic E-state index is 11.4. The summed E-state index contributed by atoms with van der Waals surface area (Å²) in [4.78, 5) is 6.26. The SMILES string of the molecule is COC[C@@H]1CN(c2ccncc2)CCC1NS(C)(=O)=O. The number of hydrogen-bond acceptors (Lipinski definition) is 5. The second-order valence-electron chi connectivity index (χ2n) is 5.15. The molecule has 20 heavy (non-hydrogen) atoms. The summed E-state index contributed by atoms with van der Waals surface area (Å²) in [5, 5.41) is 0. The highest BCUT2D eigenvalue weighted by molar-refractivity contribution is 7.88. The quantitative estimate of drug-likeness (QED) is 0.856. The molecule has 2 heterocycles. The van der Waals surface area contributed by atoms with Crippen LogP contribution in [0.1, 0.15) is 6.42 Å². The fourth-order valence-corrected chi connectivity index (χ4v) is 3.49. The molecule has 1 saturated heterocycles. The van der Waals surface area contributed by atoms with Crippen LogP contribution in [0.2, 0.25) is 0 Å². The molecule has 1 N–H and O–H groups in total. The highest BCUT2D eigenvalue weighted by Crippen LogP contribution is 2.23. The highest BCUT2D eigenvalue weighted by Gasteiger charge is 2.31. The number of anilines is 1. The first-order chi connectivity index (χ1) is 9.49. The molecule has 1 aromatic heterocycles. The third kappa shape index (κ3) is 4.16. The second kappa shape index (κ2) is 6.51. The number of nitrogens with zero attached hydrogens (tertiary/aromatic N) is 2. The summed E-state index contributed by atoms with van der Waals surface area (Å²) in [7, 11) is -1.55. The van der Waals surface area contributed by atoms with Crippen molar-refractivity contribution in [1.29, 1.82) is 0 Å². The lowest BCUT2D eigenvalue weighted by Crippen LogP contribution is -2.52. The molecule has 0 bridgehead atoms. The molecule has 0 aliphatic carbocycles. The van der Waals surface area contributed by atoms with Crippen molar-refractivity contribution in [1.82, 2.24) is 9.71 Å². The average molecular weight is 299 g/mol. The van der Waals surface area contributed by atoms with Crippen LogP contribution in [0.3, 0.4) is 0 Å². The molecule has 1 fully saturated rings. The van der Waals surface area contributed by atoms with Crippen molar-refractivity contribution < 1.29 is 13.2 Å². The van der Waals surface area contributed by atoms with E-state index >= 15 is 0 Å². The van der Waals surface area contributed by atoms with Crippen molar-refractivity contribution in [3.05, 3.63) is 24.5 Å². The lowest BCUT2D eigenvalue weighted by Gasteiger charge is -2.39. The first-order valence-corrected chi connectivity index (χ1v) is 8.50. The Balaban J connectivity index is 2.07. The van der Waals surface area contributed by atoms with Crippen LogP contribution in [-0.2, 0) is 14.8 Å². The van der Waals surface area contributed by atoms with Gasteiger partial charge in [0.25, 0.3) is 0 Å². The molecule has 1 unspecified atom stereocenters. The molecule has 0 spiro atoms. The summed E-state index contributed by atoms with van der Waals surface area (Å²) in [6.45, 7) is 2.12. The van der Waals surface area contributed by atoms with E-state index in [1.54, 1.807) is 19.5 Å². The molecule has 0 aromatic carbocycles. The standard InChI is InChI=1S/C13H21N3O3S/c1-19-10-11-9-16(12-3-6-14-7-4-12)8-5-13(11)15-20(2,17)18/h3-4,6-7,11,13,15H,5,8-10H2,1-2H3/t11-,13?/m0/s1. The van der Waals surface area contributed by atoms with E-state index in [-0.39, 0.29) is 12.0 Å². The van der Waals surface area contributed by atoms with Gasteiger partial charge >= 0.3 is 0 Å². The van der Waals surface area contributed by atoms with Crippen LogP contribution in [-0.4, -0.2) is 52.5 Å². The molecule has 1 aromatic rings. The van der Waals surface area contributed by atoms with Crippen LogP contribution in [0.15, 0.2) is 24.5 Å². The highest BCUT2D eigenvalue weighted by atomic mass is 32.2. The molecule has 0 saturated carbocycles. The van der Waals surface area contributed by atoms with Crippen molar-refractivity contribution in [3.63, 3.8) is 0 Å². The number of methoxy groups -OCH3 is 1. The van der Waals surface area contributed by atoms with E-state index in [0.29, 0.717) is 6.61 Å². The second-order valence-corrected chi connectivity index (χ2v) is 6.93. The molecule has 1 aliphatic heterocycles. The Bertz CT molecular complexity index is 521. The van der Waals surface area contributed by atoms with E-state index < -0.39 is 10.0 Å². The number of piperidine rings is 1. The number of sulfonamides is 1. The van der Waals surface area contributed by atoms with Gasteiger partial charge in [0.15, 0.2) is 0 Å². The van der Waals surface area contributed by atoms with Crippen LogP contribution in [0, 0.1) is 5.92 Å². The monoisotopic (exact) mass is 299 g/mol. The Hall–Kier alpha value is -1.18. The minimum Gasteiger partial charge on any atom is -0.384 e. The van der Waals surface area contributed by atoms with Crippen LogP contribution in [0.5, 0.6) is 0 Å². The normalized spacial score (nSPS) is 23.8. The molecule has 0 radical (unpaired) electrons. The zero-order valence-corrected chi connectivity index (χ0v) is 12.6. The van der Waals surface area contributed by atoms with E-state index in [4.69, 9.17) is 4.74 Å². The fourth-order valence-electron chi connectivity index (χ4n) is 2.63. The van der Waals surface area contributed by atoms with E-state index in [1.165, 1.54) is 6.26 Å². The first-order valence-electron chi connectivity index (χ1n) is 6.61. The van der Waals surface area contributed by atoms with Gasteiger partial charge in [-0.3, -0.25) is 4.98 Å². The van der Waals surface area contributed by atoms with Crippen LogP contribution >= 0.6 is 0 Å². The van der Waals surface area contributed by atoms with Gasteiger partial charge in [0.2, 0.25) is 10.0 Å². The van der Waals surface area contributed by atoms with Crippen LogP contribution in [0.25, 0.3) is 0 Å². The summed E-state index contributed by atoms with van der Waals surface area (Å²) in [5.41, 5.74) is 1.11. The van der Waals surface area contributed by atoms with Gasteiger partial charge in [0.05, 0.1) is 12.9 Å². The zero-order valence-electron chi connectivity index (χ0n) is 11.8. The van der Waals surface area contributed by atoms with Crippen LogP contribution in [0.4, 0.5) is 5.69 Å². The van der Waals surface area contributed by atoms with Gasteiger partial charge in [-0.25, -0.2) is 13.1 Å². The maximum atomic E-state index is 11.4. The Morgan fingerprint density at radius 1 is 1.45 bits per heavy atom. The number of hydrogen-bond donors (Lipinski definition) is 1. The van der Waals surface area contributed by atoms with E-state index in [2.05, 4.69) is 14.6 Å². The van der Waals surface area contributed by atoms with Gasteiger partial charge in [-0.2, -0.15) is 0 Å². The molecule has 2 rings (SSSR count). The van der Waals surface area contributed by atoms with Gasteiger partial charge in [0, 0.05) is 50.2 Å². The third-order valence-electron chi connectivity index (χ3n) is 3.51. The summed E-state index contributed by atoms with van der Waals surface area (Å²) >= 11 is 0. The molecule has 0 amide bonds. The predicted octanol–water partition coefficient (Wildman–Crippen LogP) is 0.472. The van der Waals surface area contributed by atoms with Crippen molar-refractivity contribution in [2.24, 2.45) is 5.92 Å². The van der Waals surface area contributed by atoms with Crippen molar-refractivity contribution >= 4 is 15.7 Å². The third-order valence-corrected chi connectivity index (χ3v) is 4.24. The minimum absolute atomic E-state index is 0.0666. The van der Waals surface area contributed by atoms with Crippen molar-refractivity contribution in [2.45, 2.75) is 12.5 Å². The van der Waals surface area contributed by atoms with Crippen molar-refractivity contribution in [3.8, 4) is 0 Å². The van der Waals surface area contributed by atoms with Crippen LogP contribution < -0.4 is 9.62 Å². The summed E-state index contributed by atoms with van der Waals surface area (Å²) in [5.74, 6) is 0.136. The molecule has 6 nitrogen and oxygen atoms in total. The minimum atomic E-state index is -3.19. The lowest BCUT2D eigenvalue weighted by molar-refractivity contribution is 0.128. The molecular weight excluding hydrogens is 278 g/mol. The topological polar surface area (TPSA) is 71.5 Å². The number of nitrogens with one attached hydrogen (secondary N) is 1. The summed E-state index contributed by atoms with van der Waals surface area (Å²) < 4.78 is 30.8. The smallest absolute Gasteiger partial charge is 0.208 e. The summed E-state index contributed by atoms with van der Waals surface area (Å²) in [6.07, 6.45) is 5.50. The number of ether oxygens (including phenoxy) is 1. The molecule has 7 heteroatoms. The number of aromatic nitrogens is 1. The van der Waals surface area contributed by atoms with E-state index in [1.807, 2.05) is 12.1 Å². The Labute approximate surface area is 120 Å². The predicted molar refractivity (Wildman–Crippen MR) is 78.2 cm³/mol. The fraction of sp³-hybridized carbons (Fsp3) is 0.615. The van der Waals surface area contributed by atoms with Gasteiger partial charge in [-0.15, -0.1) is 0 Å². The maximum Gasteiger partial charge on any atom is 0.208 e. The molecular formula is C13H21N3O3S. The molecule has 112 valence electrons.